The van der Waals surface area contributed by atoms with Crippen LogP contribution in [0.1, 0.15) is 32.1 Å². The summed E-state index contributed by atoms with van der Waals surface area (Å²) < 4.78 is 2.54. The minimum absolute atomic E-state index is 0.798. The average molecular weight is 340 g/mol. The molecule has 0 amide bonds. The Kier molecular flexibility index (Phi) is 3.97. The van der Waals surface area contributed by atoms with Crippen LogP contribution in [0.5, 0.6) is 0 Å². The molecular weight excluding hydrogens is 316 g/mol. The maximum absolute atomic E-state index is 4.70. The van der Waals surface area contributed by atoms with Gasteiger partial charge in [-0.1, -0.05) is 55.7 Å². The molecule has 1 aliphatic carbocycles. The van der Waals surface area contributed by atoms with Gasteiger partial charge in [0, 0.05) is 34.6 Å². The van der Waals surface area contributed by atoms with E-state index in [0.717, 1.165) is 18.0 Å². The van der Waals surface area contributed by atoms with Gasteiger partial charge in [-0.2, -0.15) is 0 Å². The van der Waals surface area contributed by atoms with Crippen LogP contribution in [0, 0.1) is 5.92 Å². The summed E-state index contributed by atoms with van der Waals surface area (Å²) in [6.45, 7) is 1.12. The summed E-state index contributed by atoms with van der Waals surface area (Å²) in [4.78, 5) is 4.70. The first-order valence-electron chi connectivity index (χ1n) is 9.82. The Morgan fingerprint density at radius 3 is 2.50 bits per heavy atom. The molecule has 5 rings (SSSR count). The molecule has 1 aliphatic rings. The Hall–Kier alpha value is -2.61. The Bertz CT molecular complexity index is 1050. The maximum Gasteiger partial charge on any atom is 0.0702 e. The standard InChI is InChI=1S/C24H24N2/c1-2-8-18(9-3-1)17-26-23-13-7-5-11-20(23)15-24(26)21-14-19-10-4-6-12-22(19)25-16-21/h4-7,10-16,18H,1-3,8-9,17H2. The molecule has 2 heterocycles. The van der Waals surface area contributed by atoms with E-state index in [0.29, 0.717) is 0 Å². The lowest BCUT2D eigenvalue weighted by Crippen LogP contribution is -2.14. The van der Waals surface area contributed by atoms with Gasteiger partial charge in [-0.15, -0.1) is 0 Å². The monoisotopic (exact) mass is 340 g/mol. The van der Waals surface area contributed by atoms with Gasteiger partial charge in [0.1, 0.15) is 0 Å². The summed E-state index contributed by atoms with van der Waals surface area (Å²) in [5, 5.41) is 2.53. The molecule has 2 aromatic heterocycles. The normalized spacial score (nSPS) is 15.7. The first kappa shape index (κ1) is 15.6. The zero-order valence-electron chi connectivity index (χ0n) is 15.1. The number of hydrogen-bond donors (Lipinski definition) is 0. The zero-order valence-corrected chi connectivity index (χ0v) is 15.1. The van der Waals surface area contributed by atoms with Crippen LogP contribution < -0.4 is 0 Å². The molecular formula is C24H24N2. The molecule has 2 nitrogen and oxygen atoms in total. The van der Waals surface area contributed by atoms with Crippen LogP contribution in [-0.2, 0) is 6.54 Å². The van der Waals surface area contributed by atoms with Gasteiger partial charge in [0.15, 0.2) is 0 Å². The summed E-state index contributed by atoms with van der Waals surface area (Å²) in [5.41, 5.74) is 4.93. The second-order valence-corrected chi connectivity index (χ2v) is 7.62. The molecule has 4 aromatic rings. The fraction of sp³-hybridized carbons (Fsp3) is 0.292. The number of nitrogens with zero attached hydrogens (tertiary/aromatic N) is 2. The first-order chi connectivity index (χ1) is 12.9. The molecule has 1 fully saturated rings. The number of fused-ring (bicyclic) bond motifs is 2. The Balaban J connectivity index is 1.64. The molecule has 0 aliphatic heterocycles. The molecule has 0 radical (unpaired) electrons. The largest absolute Gasteiger partial charge is 0.340 e. The first-order valence-corrected chi connectivity index (χ1v) is 9.82. The lowest BCUT2D eigenvalue weighted by molar-refractivity contribution is 0.323. The summed E-state index contributed by atoms with van der Waals surface area (Å²) in [7, 11) is 0. The fourth-order valence-corrected chi connectivity index (χ4v) is 4.49. The minimum Gasteiger partial charge on any atom is -0.340 e. The number of rotatable bonds is 3. The second kappa shape index (κ2) is 6.60. The van der Waals surface area contributed by atoms with E-state index < -0.39 is 0 Å². The van der Waals surface area contributed by atoms with Crippen molar-refractivity contribution >= 4 is 21.8 Å². The molecule has 1 saturated carbocycles. The highest BCUT2D eigenvalue weighted by Gasteiger charge is 2.18. The van der Waals surface area contributed by atoms with Crippen molar-refractivity contribution in [2.45, 2.75) is 38.6 Å². The van der Waals surface area contributed by atoms with Gasteiger partial charge in [0.25, 0.3) is 0 Å². The van der Waals surface area contributed by atoms with E-state index in [1.54, 1.807) is 0 Å². The molecule has 130 valence electrons. The topological polar surface area (TPSA) is 17.8 Å². The smallest absolute Gasteiger partial charge is 0.0702 e. The molecule has 0 N–H and O–H groups in total. The van der Waals surface area contributed by atoms with Crippen LogP contribution in [0.15, 0.2) is 66.9 Å². The third-order valence-electron chi connectivity index (χ3n) is 5.86. The van der Waals surface area contributed by atoms with Crippen molar-refractivity contribution in [1.82, 2.24) is 9.55 Å². The quantitative estimate of drug-likeness (QED) is 0.420. The Labute approximate surface area is 154 Å². The highest BCUT2D eigenvalue weighted by molar-refractivity contribution is 5.89. The van der Waals surface area contributed by atoms with Crippen LogP contribution >= 0.6 is 0 Å². The van der Waals surface area contributed by atoms with E-state index in [9.17, 15) is 0 Å². The Morgan fingerprint density at radius 1 is 0.846 bits per heavy atom. The van der Waals surface area contributed by atoms with Crippen molar-refractivity contribution in [2.75, 3.05) is 0 Å². The van der Waals surface area contributed by atoms with E-state index in [2.05, 4.69) is 65.2 Å². The van der Waals surface area contributed by atoms with E-state index in [1.807, 2.05) is 6.20 Å². The van der Waals surface area contributed by atoms with Crippen LogP contribution in [0.4, 0.5) is 0 Å². The van der Waals surface area contributed by atoms with E-state index in [-0.39, 0.29) is 0 Å². The van der Waals surface area contributed by atoms with Crippen molar-refractivity contribution in [3.8, 4) is 11.3 Å². The van der Waals surface area contributed by atoms with Crippen LogP contribution in [0.3, 0.4) is 0 Å². The highest BCUT2D eigenvalue weighted by atomic mass is 15.0. The number of para-hydroxylation sites is 2. The number of benzene rings is 2. The summed E-state index contributed by atoms with van der Waals surface area (Å²) in [6.07, 6.45) is 8.94. The van der Waals surface area contributed by atoms with Gasteiger partial charge in [-0.3, -0.25) is 4.98 Å². The summed E-state index contributed by atoms with van der Waals surface area (Å²) >= 11 is 0. The lowest BCUT2D eigenvalue weighted by Gasteiger charge is -2.24. The van der Waals surface area contributed by atoms with Crippen LogP contribution in [0.25, 0.3) is 33.1 Å². The third kappa shape index (κ3) is 2.80. The van der Waals surface area contributed by atoms with Crippen molar-refractivity contribution in [1.29, 1.82) is 0 Å². The average Bonchev–Trinajstić information content (AvgIpc) is 3.07. The predicted molar refractivity (Wildman–Crippen MR) is 109 cm³/mol. The van der Waals surface area contributed by atoms with Gasteiger partial charge in [0.05, 0.1) is 11.2 Å². The van der Waals surface area contributed by atoms with Gasteiger partial charge >= 0.3 is 0 Å². The summed E-state index contributed by atoms with van der Waals surface area (Å²) in [5.74, 6) is 0.798. The van der Waals surface area contributed by atoms with Gasteiger partial charge in [0.2, 0.25) is 0 Å². The fourth-order valence-electron chi connectivity index (χ4n) is 4.49. The SMILES string of the molecule is c1ccc2ncc(-c3cc4ccccc4n3CC3CCCCC3)cc2c1. The highest BCUT2D eigenvalue weighted by Crippen LogP contribution is 2.33. The van der Waals surface area contributed by atoms with Gasteiger partial charge in [-0.05, 0) is 43.0 Å². The molecule has 2 heteroatoms. The number of aromatic nitrogens is 2. The van der Waals surface area contributed by atoms with Crippen LogP contribution in [0.2, 0.25) is 0 Å². The van der Waals surface area contributed by atoms with Gasteiger partial charge < -0.3 is 4.57 Å². The van der Waals surface area contributed by atoms with Crippen molar-refractivity contribution in [3.05, 3.63) is 66.9 Å². The lowest BCUT2D eigenvalue weighted by atomic mass is 9.89. The molecule has 0 bridgehead atoms. The number of hydrogen-bond acceptors (Lipinski definition) is 1. The van der Waals surface area contributed by atoms with Crippen molar-refractivity contribution < 1.29 is 0 Å². The molecule has 2 aromatic carbocycles. The number of pyridine rings is 1. The molecule has 0 unspecified atom stereocenters. The molecule has 0 saturated heterocycles. The van der Waals surface area contributed by atoms with E-state index in [1.165, 1.54) is 59.7 Å². The third-order valence-corrected chi connectivity index (χ3v) is 5.86. The Morgan fingerprint density at radius 2 is 1.62 bits per heavy atom. The van der Waals surface area contributed by atoms with Crippen LogP contribution in [-0.4, -0.2) is 9.55 Å². The van der Waals surface area contributed by atoms with Crippen molar-refractivity contribution in [3.63, 3.8) is 0 Å². The summed E-state index contributed by atoms with van der Waals surface area (Å²) in [6, 6.07) is 21.8. The molecule has 0 spiro atoms. The zero-order chi connectivity index (χ0) is 17.3. The second-order valence-electron chi connectivity index (χ2n) is 7.62. The van der Waals surface area contributed by atoms with E-state index in [4.69, 9.17) is 4.98 Å². The molecule has 26 heavy (non-hydrogen) atoms. The molecule has 0 atom stereocenters. The van der Waals surface area contributed by atoms with Crippen molar-refractivity contribution in [2.24, 2.45) is 5.92 Å². The minimum atomic E-state index is 0.798. The maximum atomic E-state index is 4.70. The van der Waals surface area contributed by atoms with E-state index >= 15 is 0 Å². The van der Waals surface area contributed by atoms with Gasteiger partial charge in [-0.25, -0.2) is 0 Å². The predicted octanol–water partition coefficient (Wildman–Crippen LogP) is 6.44.